The van der Waals surface area contributed by atoms with Crippen LogP contribution < -0.4 is 5.56 Å². The molecule has 0 amide bonds. The van der Waals surface area contributed by atoms with Gasteiger partial charge >= 0.3 is 0 Å². The molecule has 3 aromatic carbocycles. The van der Waals surface area contributed by atoms with Gasteiger partial charge in [-0.25, -0.2) is 4.98 Å². The van der Waals surface area contributed by atoms with E-state index in [1.807, 2.05) is 17.5 Å². The second kappa shape index (κ2) is 6.98. The SMILES string of the molecule is Cc1ccc(-c2csc3nc(Cc4cccc5ccccc45)[nH]c(=O)c23)c(C)c1. The summed E-state index contributed by atoms with van der Waals surface area (Å²) in [4.78, 5) is 21.6. The van der Waals surface area contributed by atoms with Crippen molar-refractivity contribution in [1.82, 2.24) is 9.97 Å². The van der Waals surface area contributed by atoms with E-state index in [9.17, 15) is 4.79 Å². The minimum atomic E-state index is -0.0681. The normalized spacial score (nSPS) is 11.4. The average molecular weight is 397 g/mol. The molecule has 5 rings (SSSR count). The smallest absolute Gasteiger partial charge is 0.260 e. The van der Waals surface area contributed by atoms with Gasteiger partial charge in [-0.2, -0.15) is 0 Å². The second-order valence-corrected chi connectivity index (χ2v) is 8.33. The standard InChI is InChI=1S/C25H20N2OS/c1-15-10-11-19(16(2)12-15)21-14-29-25-23(21)24(28)26-22(27-25)13-18-8-5-7-17-6-3-4-9-20(17)18/h3-12,14H,13H2,1-2H3,(H,26,27,28). The molecule has 2 heterocycles. The fourth-order valence-electron chi connectivity index (χ4n) is 4.02. The lowest BCUT2D eigenvalue weighted by molar-refractivity contribution is 0.983. The molecule has 0 aliphatic rings. The Kier molecular flexibility index (Phi) is 4.29. The topological polar surface area (TPSA) is 45.8 Å². The number of hydrogen-bond donors (Lipinski definition) is 1. The van der Waals surface area contributed by atoms with Gasteiger partial charge in [0.2, 0.25) is 0 Å². The van der Waals surface area contributed by atoms with Crippen LogP contribution in [0.1, 0.15) is 22.5 Å². The number of aromatic amines is 1. The molecule has 29 heavy (non-hydrogen) atoms. The van der Waals surface area contributed by atoms with Gasteiger partial charge in [0.15, 0.2) is 0 Å². The van der Waals surface area contributed by atoms with Crippen LogP contribution in [0.4, 0.5) is 0 Å². The molecule has 0 aliphatic carbocycles. The number of rotatable bonds is 3. The molecule has 0 saturated carbocycles. The predicted molar refractivity (Wildman–Crippen MR) is 122 cm³/mol. The van der Waals surface area contributed by atoms with Crippen molar-refractivity contribution in [2.45, 2.75) is 20.3 Å². The molecular formula is C25H20N2OS. The first-order chi connectivity index (χ1) is 14.1. The lowest BCUT2D eigenvalue weighted by Gasteiger charge is -2.07. The number of nitrogens with one attached hydrogen (secondary N) is 1. The molecule has 0 radical (unpaired) electrons. The third-order valence-electron chi connectivity index (χ3n) is 5.40. The third kappa shape index (κ3) is 3.15. The Labute approximate surface area is 172 Å². The van der Waals surface area contributed by atoms with Gasteiger partial charge in [0, 0.05) is 17.4 Å². The van der Waals surface area contributed by atoms with Crippen LogP contribution in [0.5, 0.6) is 0 Å². The molecule has 5 aromatic rings. The largest absolute Gasteiger partial charge is 0.310 e. The number of thiophene rings is 1. The maximum atomic E-state index is 13.0. The maximum Gasteiger partial charge on any atom is 0.260 e. The van der Waals surface area contributed by atoms with Crippen molar-refractivity contribution in [2.75, 3.05) is 0 Å². The summed E-state index contributed by atoms with van der Waals surface area (Å²) in [6.07, 6.45) is 0.601. The van der Waals surface area contributed by atoms with E-state index in [0.29, 0.717) is 17.6 Å². The molecule has 4 heteroatoms. The Balaban J connectivity index is 1.60. The Bertz CT molecular complexity index is 1420. The molecule has 0 saturated heterocycles. The average Bonchev–Trinajstić information content (AvgIpc) is 3.12. The van der Waals surface area contributed by atoms with Crippen LogP contribution in [0.15, 0.2) is 70.8 Å². The van der Waals surface area contributed by atoms with Crippen molar-refractivity contribution in [1.29, 1.82) is 0 Å². The second-order valence-electron chi connectivity index (χ2n) is 7.48. The van der Waals surface area contributed by atoms with Crippen molar-refractivity contribution in [2.24, 2.45) is 0 Å². The van der Waals surface area contributed by atoms with E-state index in [2.05, 4.69) is 67.4 Å². The summed E-state index contributed by atoms with van der Waals surface area (Å²) < 4.78 is 0. The number of benzene rings is 3. The summed E-state index contributed by atoms with van der Waals surface area (Å²) in [5.41, 5.74) is 5.54. The maximum absolute atomic E-state index is 13.0. The van der Waals surface area contributed by atoms with Crippen molar-refractivity contribution < 1.29 is 0 Å². The third-order valence-corrected chi connectivity index (χ3v) is 6.28. The summed E-state index contributed by atoms with van der Waals surface area (Å²) in [6.45, 7) is 4.17. The zero-order chi connectivity index (χ0) is 20.0. The van der Waals surface area contributed by atoms with Crippen molar-refractivity contribution in [3.63, 3.8) is 0 Å². The summed E-state index contributed by atoms with van der Waals surface area (Å²) in [5, 5.41) is 5.12. The number of H-pyrrole nitrogens is 1. The molecule has 0 bridgehead atoms. The minimum absolute atomic E-state index is 0.0681. The van der Waals surface area contributed by atoms with E-state index in [-0.39, 0.29) is 5.56 Å². The van der Waals surface area contributed by atoms with Crippen LogP contribution in [0.25, 0.3) is 32.1 Å². The van der Waals surface area contributed by atoms with Gasteiger partial charge in [0.25, 0.3) is 5.56 Å². The monoisotopic (exact) mass is 396 g/mol. The van der Waals surface area contributed by atoms with Crippen LogP contribution in [0.3, 0.4) is 0 Å². The first-order valence-corrected chi connectivity index (χ1v) is 10.5. The lowest BCUT2D eigenvalue weighted by atomic mass is 9.99. The van der Waals surface area contributed by atoms with E-state index >= 15 is 0 Å². The fourth-order valence-corrected chi connectivity index (χ4v) is 4.98. The molecule has 0 fully saturated rings. The van der Waals surface area contributed by atoms with E-state index in [1.165, 1.54) is 33.2 Å². The van der Waals surface area contributed by atoms with Gasteiger partial charge in [-0.3, -0.25) is 4.79 Å². The number of nitrogens with zero attached hydrogens (tertiary/aromatic N) is 1. The molecule has 0 unspecified atom stereocenters. The van der Waals surface area contributed by atoms with Gasteiger partial charge in [-0.05, 0) is 41.3 Å². The zero-order valence-corrected chi connectivity index (χ0v) is 17.1. The molecular weight excluding hydrogens is 376 g/mol. The van der Waals surface area contributed by atoms with Crippen molar-refractivity contribution >= 4 is 32.3 Å². The summed E-state index contributed by atoms with van der Waals surface area (Å²) in [5.74, 6) is 0.702. The number of fused-ring (bicyclic) bond motifs is 2. The van der Waals surface area contributed by atoms with Crippen LogP contribution >= 0.6 is 11.3 Å². The van der Waals surface area contributed by atoms with Crippen LogP contribution in [0, 0.1) is 13.8 Å². The number of aryl methyl sites for hydroxylation is 2. The summed E-state index contributed by atoms with van der Waals surface area (Å²) in [6, 6.07) is 20.9. The van der Waals surface area contributed by atoms with Crippen molar-refractivity contribution in [3.05, 3.63) is 98.9 Å². The number of aromatic nitrogens is 2. The number of hydrogen-bond acceptors (Lipinski definition) is 3. The molecule has 2 aromatic heterocycles. The molecule has 0 spiro atoms. The van der Waals surface area contributed by atoms with E-state index in [1.54, 1.807) is 0 Å². The Morgan fingerprint density at radius 1 is 0.966 bits per heavy atom. The predicted octanol–water partition coefficient (Wildman–Crippen LogP) is 6.01. The zero-order valence-electron chi connectivity index (χ0n) is 16.3. The van der Waals surface area contributed by atoms with E-state index in [4.69, 9.17) is 4.98 Å². The van der Waals surface area contributed by atoms with Gasteiger partial charge in [0.1, 0.15) is 10.7 Å². The Morgan fingerprint density at radius 2 is 1.79 bits per heavy atom. The summed E-state index contributed by atoms with van der Waals surface area (Å²) in [7, 11) is 0. The van der Waals surface area contributed by atoms with Gasteiger partial charge in [-0.1, -0.05) is 66.2 Å². The Hall–Kier alpha value is -3.24. The molecule has 3 nitrogen and oxygen atoms in total. The lowest BCUT2D eigenvalue weighted by Crippen LogP contribution is -2.12. The highest BCUT2D eigenvalue weighted by atomic mass is 32.1. The highest BCUT2D eigenvalue weighted by Crippen LogP contribution is 2.33. The van der Waals surface area contributed by atoms with E-state index in [0.717, 1.165) is 21.5 Å². The van der Waals surface area contributed by atoms with Crippen LogP contribution in [0.2, 0.25) is 0 Å². The van der Waals surface area contributed by atoms with Gasteiger partial charge < -0.3 is 4.98 Å². The highest BCUT2D eigenvalue weighted by Gasteiger charge is 2.15. The molecule has 0 aliphatic heterocycles. The minimum Gasteiger partial charge on any atom is -0.310 e. The van der Waals surface area contributed by atoms with Crippen molar-refractivity contribution in [3.8, 4) is 11.1 Å². The van der Waals surface area contributed by atoms with Crippen LogP contribution in [-0.4, -0.2) is 9.97 Å². The van der Waals surface area contributed by atoms with Gasteiger partial charge in [0.05, 0.1) is 5.39 Å². The molecule has 0 atom stereocenters. The Morgan fingerprint density at radius 3 is 2.66 bits per heavy atom. The van der Waals surface area contributed by atoms with E-state index < -0.39 is 0 Å². The molecule has 1 N–H and O–H groups in total. The highest BCUT2D eigenvalue weighted by molar-refractivity contribution is 7.17. The van der Waals surface area contributed by atoms with Crippen LogP contribution in [-0.2, 0) is 6.42 Å². The van der Waals surface area contributed by atoms with Gasteiger partial charge in [-0.15, -0.1) is 11.3 Å². The first-order valence-electron chi connectivity index (χ1n) is 9.65. The first kappa shape index (κ1) is 17.8. The fraction of sp³-hybridized carbons (Fsp3) is 0.120. The quantitative estimate of drug-likeness (QED) is 0.406. The summed E-state index contributed by atoms with van der Waals surface area (Å²) >= 11 is 1.53. The molecule has 142 valence electrons.